The number of nitrogens with zero attached hydrogens (tertiary/aromatic N) is 2. The van der Waals surface area contributed by atoms with Crippen molar-refractivity contribution in [1.82, 2.24) is 9.88 Å². The Morgan fingerprint density at radius 1 is 1.18 bits per heavy atom. The number of aliphatic carboxylic acids is 1. The van der Waals surface area contributed by atoms with Gasteiger partial charge in [-0.3, -0.25) is 4.79 Å². The van der Waals surface area contributed by atoms with E-state index in [1.165, 1.54) is 0 Å². The van der Waals surface area contributed by atoms with Crippen molar-refractivity contribution in [2.45, 2.75) is 19.0 Å². The van der Waals surface area contributed by atoms with Gasteiger partial charge in [-0.25, -0.2) is 9.78 Å². The van der Waals surface area contributed by atoms with Crippen LogP contribution in [-0.4, -0.2) is 65.0 Å². The second-order valence-electron chi connectivity index (χ2n) is 7.16. The van der Waals surface area contributed by atoms with Crippen LogP contribution in [0.3, 0.4) is 0 Å². The molecule has 1 aliphatic rings. The Bertz CT molecular complexity index is 996. The summed E-state index contributed by atoms with van der Waals surface area (Å²) in [6, 6.07) is 11.0. The van der Waals surface area contributed by atoms with Gasteiger partial charge in [-0.2, -0.15) is 13.2 Å². The number of rotatable bonds is 3. The third-order valence-electron chi connectivity index (χ3n) is 4.74. The molecule has 2 aromatic rings. The number of aromatic nitrogens is 1. The summed E-state index contributed by atoms with van der Waals surface area (Å²) in [4.78, 5) is 27.5. The maximum absolute atomic E-state index is 12.6. The number of carbonyl (C=O) groups excluding carboxylic acids is 1. The number of methoxy groups -OCH3 is 1. The molecular weight excluding hydrogens is 441 g/mol. The zero-order valence-electron chi connectivity index (χ0n) is 17.8. The predicted octanol–water partition coefficient (Wildman–Crippen LogP) is 2.97. The quantitative estimate of drug-likeness (QED) is 0.678. The molecule has 2 heterocycles. The van der Waals surface area contributed by atoms with Gasteiger partial charge in [0.25, 0.3) is 5.91 Å². The van der Waals surface area contributed by atoms with Gasteiger partial charge in [0, 0.05) is 31.5 Å². The minimum atomic E-state index is -5.08. The first-order valence-corrected chi connectivity index (χ1v) is 9.96. The number of aliphatic hydroxyl groups excluding tert-OH is 1. The Kier molecular flexibility index (Phi) is 9.24. The van der Waals surface area contributed by atoms with Gasteiger partial charge in [-0.1, -0.05) is 5.92 Å². The van der Waals surface area contributed by atoms with Crippen LogP contribution >= 0.6 is 0 Å². The number of pyridine rings is 1. The summed E-state index contributed by atoms with van der Waals surface area (Å²) in [5, 5.41) is 16.4. The normalized spacial score (nSPS) is 15.4. The third-order valence-corrected chi connectivity index (χ3v) is 4.74. The van der Waals surface area contributed by atoms with Crippen LogP contribution in [0.15, 0.2) is 42.6 Å². The Hall–Kier alpha value is -3.58. The Morgan fingerprint density at radius 2 is 1.85 bits per heavy atom. The molecule has 0 spiro atoms. The van der Waals surface area contributed by atoms with E-state index in [0.29, 0.717) is 17.8 Å². The molecular formula is C23H23F3N2O5. The number of hydrogen-bond donors (Lipinski definition) is 2. The zero-order chi connectivity index (χ0) is 24.4. The van der Waals surface area contributed by atoms with Crippen molar-refractivity contribution in [2.24, 2.45) is 5.92 Å². The minimum Gasteiger partial charge on any atom is -0.497 e. The van der Waals surface area contributed by atoms with Crippen molar-refractivity contribution in [2.75, 3.05) is 26.8 Å². The Balaban J connectivity index is 0.000000479. The van der Waals surface area contributed by atoms with Crippen LogP contribution in [0, 0.1) is 17.8 Å². The number of alkyl halides is 3. The van der Waals surface area contributed by atoms with Crippen molar-refractivity contribution < 1.29 is 37.7 Å². The standard InChI is InChI=1S/C21H22N2O3.C2HF3O2/c1-26-20-10-5-16(6-11-20)4-8-19-9-7-18(13-22-19)21(25)23-12-2-3-17(14-23)15-24;3-2(4,5)1(6)7/h5-7,9-11,13,17,24H,2-3,12,14-15H2,1H3;(H,6,7). The lowest BCUT2D eigenvalue weighted by atomic mass is 9.98. The number of benzene rings is 1. The molecule has 1 amide bonds. The maximum Gasteiger partial charge on any atom is 0.490 e. The molecule has 10 heteroatoms. The molecule has 0 bridgehead atoms. The molecule has 0 saturated carbocycles. The van der Waals surface area contributed by atoms with Crippen LogP contribution < -0.4 is 4.74 Å². The summed E-state index contributed by atoms with van der Waals surface area (Å²) >= 11 is 0. The van der Waals surface area contributed by atoms with E-state index in [4.69, 9.17) is 14.6 Å². The van der Waals surface area contributed by atoms with Crippen molar-refractivity contribution in [1.29, 1.82) is 0 Å². The second-order valence-corrected chi connectivity index (χ2v) is 7.16. The van der Waals surface area contributed by atoms with E-state index in [9.17, 15) is 23.1 Å². The van der Waals surface area contributed by atoms with Gasteiger partial charge in [0.15, 0.2) is 0 Å². The fourth-order valence-corrected chi connectivity index (χ4v) is 2.99. The smallest absolute Gasteiger partial charge is 0.490 e. The molecule has 0 aliphatic carbocycles. The number of carboxylic acids is 1. The molecule has 1 saturated heterocycles. The first kappa shape index (κ1) is 25.7. The maximum atomic E-state index is 12.6. The number of carboxylic acid groups (broad SMARTS) is 1. The highest BCUT2D eigenvalue weighted by molar-refractivity contribution is 5.94. The van der Waals surface area contributed by atoms with E-state index in [0.717, 1.165) is 30.7 Å². The summed E-state index contributed by atoms with van der Waals surface area (Å²) in [7, 11) is 1.63. The van der Waals surface area contributed by atoms with Gasteiger partial charge in [0.1, 0.15) is 11.4 Å². The van der Waals surface area contributed by atoms with Crippen LogP contribution in [0.25, 0.3) is 0 Å². The van der Waals surface area contributed by atoms with E-state index in [-0.39, 0.29) is 18.4 Å². The van der Waals surface area contributed by atoms with Crippen molar-refractivity contribution in [3.8, 4) is 17.6 Å². The molecule has 3 rings (SSSR count). The molecule has 1 fully saturated rings. The number of likely N-dealkylation sites (tertiary alicyclic amines) is 1. The molecule has 7 nitrogen and oxygen atoms in total. The van der Waals surface area contributed by atoms with Crippen molar-refractivity contribution in [3.63, 3.8) is 0 Å². The SMILES string of the molecule is COc1ccc(C#Cc2ccc(C(=O)N3CCCC(CO)C3)cn2)cc1.O=C(O)C(F)(F)F. The highest BCUT2D eigenvalue weighted by Gasteiger charge is 2.38. The van der Waals surface area contributed by atoms with Crippen LogP contribution in [0.5, 0.6) is 5.75 Å². The van der Waals surface area contributed by atoms with Gasteiger partial charge in [-0.15, -0.1) is 0 Å². The van der Waals surface area contributed by atoms with Crippen LogP contribution in [0.4, 0.5) is 13.2 Å². The molecule has 1 atom stereocenters. The molecule has 1 aliphatic heterocycles. The number of amides is 1. The van der Waals surface area contributed by atoms with Gasteiger partial charge >= 0.3 is 12.1 Å². The largest absolute Gasteiger partial charge is 0.497 e. The van der Waals surface area contributed by atoms with Gasteiger partial charge < -0.3 is 19.8 Å². The van der Waals surface area contributed by atoms with E-state index >= 15 is 0 Å². The summed E-state index contributed by atoms with van der Waals surface area (Å²) in [6.07, 6.45) is -1.61. The van der Waals surface area contributed by atoms with Crippen LogP contribution in [0.2, 0.25) is 0 Å². The van der Waals surface area contributed by atoms with Gasteiger partial charge in [-0.05, 0) is 61.1 Å². The molecule has 176 valence electrons. The lowest BCUT2D eigenvalue weighted by Gasteiger charge is -2.31. The number of hydrogen-bond acceptors (Lipinski definition) is 5. The Labute approximate surface area is 188 Å². The first-order chi connectivity index (χ1) is 15.6. The monoisotopic (exact) mass is 464 g/mol. The fourth-order valence-electron chi connectivity index (χ4n) is 2.99. The van der Waals surface area contributed by atoms with Crippen LogP contribution in [-0.2, 0) is 4.79 Å². The van der Waals surface area contributed by atoms with Gasteiger partial charge in [0.2, 0.25) is 0 Å². The lowest BCUT2D eigenvalue weighted by Crippen LogP contribution is -2.40. The molecule has 33 heavy (non-hydrogen) atoms. The minimum absolute atomic E-state index is 0.0367. The summed E-state index contributed by atoms with van der Waals surface area (Å²) < 4.78 is 36.9. The van der Waals surface area contributed by atoms with Crippen LogP contribution in [0.1, 0.15) is 34.5 Å². The second kappa shape index (κ2) is 11.9. The fraction of sp³-hybridized carbons (Fsp3) is 0.348. The predicted molar refractivity (Wildman–Crippen MR) is 113 cm³/mol. The van der Waals surface area contributed by atoms with Crippen molar-refractivity contribution in [3.05, 3.63) is 59.4 Å². The number of aliphatic hydroxyl groups is 1. The number of ether oxygens (including phenoxy) is 1. The van der Waals surface area contributed by atoms with E-state index in [1.807, 2.05) is 24.3 Å². The summed E-state index contributed by atoms with van der Waals surface area (Å²) in [6.45, 7) is 1.46. The average Bonchev–Trinajstić information content (AvgIpc) is 2.82. The van der Waals surface area contributed by atoms with E-state index < -0.39 is 12.1 Å². The zero-order valence-corrected chi connectivity index (χ0v) is 17.8. The molecule has 1 aromatic carbocycles. The summed E-state index contributed by atoms with van der Waals surface area (Å²) in [5.74, 6) is 4.22. The topological polar surface area (TPSA) is 100.0 Å². The number of halogens is 3. The molecule has 2 N–H and O–H groups in total. The number of piperidine rings is 1. The highest BCUT2D eigenvalue weighted by atomic mass is 19.4. The average molecular weight is 464 g/mol. The third kappa shape index (κ3) is 8.12. The molecule has 0 radical (unpaired) electrons. The molecule has 1 unspecified atom stereocenters. The number of carbonyl (C=O) groups is 2. The van der Waals surface area contributed by atoms with E-state index in [2.05, 4.69) is 16.8 Å². The summed E-state index contributed by atoms with van der Waals surface area (Å²) in [5.41, 5.74) is 2.04. The van der Waals surface area contributed by atoms with E-state index in [1.54, 1.807) is 30.3 Å². The lowest BCUT2D eigenvalue weighted by molar-refractivity contribution is -0.192. The highest BCUT2D eigenvalue weighted by Crippen LogP contribution is 2.18. The van der Waals surface area contributed by atoms with Crippen molar-refractivity contribution >= 4 is 11.9 Å². The first-order valence-electron chi connectivity index (χ1n) is 9.96. The van der Waals surface area contributed by atoms with Gasteiger partial charge in [0.05, 0.1) is 12.7 Å². The molecule has 1 aromatic heterocycles. The Morgan fingerprint density at radius 3 is 2.36 bits per heavy atom.